The summed E-state index contributed by atoms with van der Waals surface area (Å²) in [7, 11) is 0. The molecule has 8 aromatic rings. The first-order chi connectivity index (χ1) is 18.3. The Morgan fingerprint density at radius 2 is 1.22 bits per heavy atom. The molecule has 3 aromatic heterocycles. The van der Waals surface area contributed by atoms with Gasteiger partial charge >= 0.3 is 0 Å². The fraction of sp³-hybridized carbons (Fsp3) is 0. The van der Waals surface area contributed by atoms with Crippen LogP contribution < -0.4 is 0 Å². The second-order valence-corrected chi connectivity index (χ2v) is 9.36. The normalized spacial score (nSPS) is 11.8. The number of nitrogens with zero attached hydrogens (tertiary/aromatic N) is 4. The second kappa shape index (κ2) is 7.70. The molecule has 5 aromatic carbocycles. The first-order valence-electron chi connectivity index (χ1n) is 12.4. The fourth-order valence-electron chi connectivity index (χ4n) is 5.44. The van der Waals surface area contributed by atoms with Gasteiger partial charge in [0.05, 0.1) is 27.6 Å². The molecule has 0 saturated carbocycles. The van der Waals surface area contributed by atoms with Gasteiger partial charge < -0.3 is 0 Å². The zero-order chi connectivity index (χ0) is 24.3. The zero-order valence-corrected chi connectivity index (χ0v) is 19.8. The van der Waals surface area contributed by atoms with Crippen molar-refractivity contribution in [1.29, 1.82) is 0 Å². The Morgan fingerprint density at radius 1 is 0.486 bits per heavy atom. The summed E-state index contributed by atoms with van der Waals surface area (Å²) < 4.78 is 2.27. The predicted octanol–water partition coefficient (Wildman–Crippen LogP) is 8.10. The molecule has 0 radical (unpaired) electrons. The second-order valence-electron chi connectivity index (χ2n) is 9.36. The topological polar surface area (TPSA) is 43.6 Å². The molecule has 0 saturated heterocycles. The highest BCUT2D eigenvalue weighted by molar-refractivity contribution is 6.14. The Morgan fingerprint density at radius 3 is 2.11 bits per heavy atom. The average molecular weight is 473 g/mol. The van der Waals surface area contributed by atoms with Crippen LogP contribution in [0.4, 0.5) is 0 Å². The van der Waals surface area contributed by atoms with E-state index in [2.05, 4.69) is 94.5 Å². The lowest BCUT2D eigenvalue weighted by molar-refractivity contribution is 1.08. The number of hydrogen-bond donors (Lipinski definition) is 0. The van der Waals surface area contributed by atoms with Crippen LogP contribution in [0.5, 0.6) is 0 Å². The van der Waals surface area contributed by atoms with E-state index in [-0.39, 0.29) is 0 Å². The molecule has 0 unspecified atom stereocenters. The van der Waals surface area contributed by atoms with Gasteiger partial charge in [-0.25, -0.2) is 9.97 Å². The molecule has 0 atom stereocenters. The van der Waals surface area contributed by atoms with E-state index in [1.165, 1.54) is 21.5 Å². The average Bonchev–Trinajstić information content (AvgIpc) is 3.28. The minimum atomic E-state index is 0.815. The van der Waals surface area contributed by atoms with Crippen LogP contribution in [0.25, 0.3) is 71.6 Å². The third-order valence-electron chi connectivity index (χ3n) is 7.18. The van der Waals surface area contributed by atoms with Gasteiger partial charge in [-0.2, -0.15) is 0 Å². The Bertz CT molecular complexity index is 2160. The maximum Gasteiger partial charge on any atom is 0.165 e. The van der Waals surface area contributed by atoms with Crippen molar-refractivity contribution in [2.75, 3.05) is 0 Å². The summed E-state index contributed by atoms with van der Waals surface area (Å²) >= 11 is 0. The van der Waals surface area contributed by atoms with Gasteiger partial charge in [0.25, 0.3) is 0 Å². The Balaban J connectivity index is 1.53. The summed E-state index contributed by atoms with van der Waals surface area (Å²) in [5.41, 5.74) is 6.73. The standard InChI is InChI=1S/C33H20N4/c1-2-9-23-20-31-26(18-22(23)8-1)25-11-3-6-14-30(25)37(31)33-32(35-27-12-4-5-13-28(27)36-33)24-16-15-21-10-7-17-34-29(21)19-24/h1-20H. The lowest BCUT2D eigenvalue weighted by Crippen LogP contribution is -2.03. The lowest BCUT2D eigenvalue weighted by atomic mass is 10.1. The molecule has 0 bridgehead atoms. The van der Waals surface area contributed by atoms with E-state index in [1.807, 2.05) is 36.5 Å². The molecule has 0 aliphatic heterocycles. The van der Waals surface area contributed by atoms with Gasteiger partial charge in [0.1, 0.15) is 5.69 Å². The van der Waals surface area contributed by atoms with Crippen LogP contribution >= 0.6 is 0 Å². The van der Waals surface area contributed by atoms with Crippen LogP contribution in [0.2, 0.25) is 0 Å². The van der Waals surface area contributed by atoms with Gasteiger partial charge in [0.2, 0.25) is 0 Å². The molecular formula is C33H20N4. The van der Waals surface area contributed by atoms with Crippen molar-refractivity contribution >= 4 is 54.5 Å². The van der Waals surface area contributed by atoms with E-state index < -0.39 is 0 Å². The first-order valence-corrected chi connectivity index (χ1v) is 12.4. The van der Waals surface area contributed by atoms with Crippen LogP contribution in [-0.4, -0.2) is 19.5 Å². The molecule has 37 heavy (non-hydrogen) atoms. The number of benzene rings is 5. The number of pyridine rings is 1. The van der Waals surface area contributed by atoms with Crippen molar-refractivity contribution in [3.63, 3.8) is 0 Å². The molecular weight excluding hydrogens is 452 g/mol. The Hall–Kier alpha value is -5.09. The third kappa shape index (κ3) is 3.06. The van der Waals surface area contributed by atoms with E-state index in [1.54, 1.807) is 0 Å². The summed E-state index contributed by atoms with van der Waals surface area (Å²) in [6.45, 7) is 0. The SMILES string of the molecule is c1ccc2cc3c(cc2c1)c1ccccc1n3-c1nc2ccccc2nc1-c1ccc2cccnc2c1. The largest absolute Gasteiger partial charge is 0.292 e. The number of para-hydroxylation sites is 3. The summed E-state index contributed by atoms with van der Waals surface area (Å²) in [4.78, 5) is 15.0. The Labute approximate surface area is 212 Å². The fourth-order valence-corrected chi connectivity index (χ4v) is 5.44. The quantitative estimate of drug-likeness (QED) is 0.255. The number of rotatable bonds is 2. The minimum absolute atomic E-state index is 0.815. The molecule has 0 spiro atoms. The molecule has 4 nitrogen and oxygen atoms in total. The smallest absolute Gasteiger partial charge is 0.165 e. The van der Waals surface area contributed by atoms with Crippen LogP contribution in [0.1, 0.15) is 0 Å². The number of aromatic nitrogens is 4. The molecule has 3 heterocycles. The van der Waals surface area contributed by atoms with E-state index in [0.717, 1.165) is 50.0 Å². The van der Waals surface area contributed by atoms with Crippen molar-refractivity contribution in [2.45, 2.75) is 0 Å². The lowest BCUT2D eigenvalue weighted by Gasteiger charge is -2.14. The number of fused-ring (bicyclic) bond motifs is 6. The highest BCUT2D eigenvalue weighted by atomic mass is 15.1. The van der Waals surface area contributed by atoms with Crippen molar-refractivity contribution in [3.05, 3.63) is 121 Å². The van der Waals surface area contributed by atoms with Crippen LogP contribution in [0.3, 0.4) is 0 Å². The van der Waals surface area contributed by atoms with E-state index in [0.29, 0.717) is 0 Å². The number of hydrogen-bond acceptors (Lipinski definition) is 3. The van der Waals surface area contributed by atoms with Crippen molar-refractivity contribution in [2.24, 2.45) is 0 Å². The summed E-state index contributed by atoms with van der Waals surface area (Å²) in [5.74, 6) is 0.815. The molecule has 0 aliphatic carbocycles. The maximum atomic E-state index is 5.23. The van der Waals surface area contributed by atoms with Gasteiger partial charge in [-0.1, -0.05) is 72.8 Å². The van der Waals surface area contributed by atoms with Crippen LogP contribution in [0, 0.1) is 0 Å². The maximum absolute atomic E-state index is 5.23. The van der Waals surface area contributed by atoms with Gasteiger partial charge in [-0.15, -0.1) is 0 Å². The van der Waals surface area contributed by atoms with Crippen molar-refractivity contribution < 1.29 is 0 Å². The van der Waals surface area contributed by atoms with E-state index >= 15 is 0 Å². The zero-order valence-electron chi connectivity index (χ0n) is 19.8. The van der Waals surface area contributed by atoms with Gasteiger partial charge in [-0.05, 0) is 53.2 Å². The first kappa shape index (κ1) is 20.1. The van der Waals surface area contributed by atoms with E-state index in [4.69, 9.17) is 9.97 Å². The van der Waals surface area contributed by atoms with Crippen LogP contribution in [0.15, 0.2) is 121 Å². The summed E-state index contributed by atoms with van der Waals surface area (Å²) in [5, 5.41) is 5.93. The van der Waals surface area contributed by atoms with Crippen LogP contribution in [-0.2, 0) is 0 Å². The van der Waals surface area contributed by atoms with Crippen molar-refractivity contribution in [3.8, 4) is 17.1 Å². The van der Waals surface area contributed by atoms with Gasteiger partial charge in [-0.3, -0.25) is 9.55 Å². The molecule has 8 rings (SSSR count). The molecule has 0 aliphatic rings. The van der Waals surface area contributed by atoms with E-state index in [9.17, 15) is 0 Å². The molecule has 0 fully saturated rings. The molecule has 0 amide bonds. The van der Waals surface area contributed by atoms with Gasteiger partial charge in [0.15, 0.2) is 5.82 Å². The summed E-state index contributed by atoms with van der Waals surface area (Å²) in [6, 6.07) is 40.1. The van der Waals surface area contributed by atoms with Crippen molar-refractivity contribution in [1.82, 2.24) is 19.5 Å². The van der Waals surface area contributed by atoms with Gasteiger partial charge in [0, 0.05) is 27.9 Å². The molecule has 0 N–H and O–H groups in total. The molecule has 4 heteroatoms. The highest BCUT2D eigenvalue weighted by Crippen LogP contribution is 2.37. The Kier molecular flexibility index (Phi) is 4.19. The highest BCUT2D eigenvalue weighted by Gasteiger charge is 2.19. The predicted molar refractivity (Wildman–Crippen MR) is 152 cm³/mol. The molecule has 172 valence electrons. The minimum Gasteiger partial charge on any atom is -0.292 e. The monoisotopic (exact) mass is 472 g/mol. The third-order valence-corrected chi connectivity index (χ3v) is 7.18. The summed E-state index contributed by atoms with van der Waals surface area (Å²) in [6.07, 6.45) is 1.83.